The fraction of sp³-hybridized carbons (Fsp3) is 0.647. The summed E-state index contributed by atoms with van der Waals surface area (Å²) in [5.41, 5.74) is -2.84. The Labute approximate surface area is 138 Å². The van der Waals surface area contributed by atoms with Gasteiger partial charge in [0.1, 0.15) is 11.6 Å². The highest BCUT2D eigenvalue weighted by Crippen LogP contribution is 2.39. The molecule has 1 aliphatic rings. The van der Waals surface area contributed by atoms with Gasteiger partial charge in [-0.2, -0.15) is 13.2 Å². The molecule has 0 amide bonds. The van der Waals surface area contributed by atoms with E-state index in [1.54, 1.807) is 0 Å². The zero-order chi connectivity index (χ0) is 18.3. The topological polar surface area (TPSA) is 23.5 Å². The van der Waals surface area contributed by atoms with E-state index in [9.17, 15) is 27.1 Å². The maximum atomic E-state index is 13.9. The Bertz CT molecular complexity index is 598. The van der Waals surface area contributed by atoms with Crippen LogP contribution in [-0.2, 0) is 12.7 Å². The first-order valence-corrected chi connectivity index (χ1v) is 7.83. The molecule has 0 spiro atoms. The minimum atomic E-state index is -4.92. The van der Waals surface area contributed by atoms with Gasteiger partial charge in [0.25, 0.3) is 0 Å². The van der Waals surface area contributed by atoms with Crippen molar-refractivity contribution in [2.45, 2.75) is 51.9 Å². The van der Waals surface area contributed by atoms with E-state index in [1.807, 2.05) is 25.7 Å². The predicted molar refractivity (Wildman–Crippen MR) is 80.3 cm³/mol. The number of rotatable bonds is 2. The highest BCUT2D eigenvalue weighted by molar-refractivity contribution is 5.28. The minimum absolute atomic E-state index is 0.0150. The normalized spacial score (nSPS) is 19.5. The molecule has 2 rings (SSSR count). The lowest BCUT2D eigenvalue weighted by Gasteiger charge is -2.46. The van der Waals surface area contributed by atoms with Crippen LogP contribution in [0.4, 0.5) is 22.0 Å². The Kier molecular flexibility index (Phi) is 4.99. The van der Waals surface area contributed by atoms with E-state index in [0.29, 0.717) is 32.0 Å². The van der Waals surface area contributed by atoms with Crippen LogP contribution in [0.5, 0.6) is 0 Å². The van der Waals surface area contributed by atoms with Gasteiger partial charge in [-0.05, 0) is 30.4 Å². The molecular weight excluding hydrogens is 329 g/mol. The van der Waals surface area contributed by atoms with Crippen LogP contribution in [0.25, 0.3) is 0 Å². The second kappa shape index (κ2) is 6.26. The predicted octanol–water partition coefficient (Wildman–Crippen LogP) is 4.36. The van der Waals surface area contributed by atoms with Gasteiger partial charge < -0.3 is 5.11 Å². The molecular formula is C17H22F5NO. The third-order valence-electron chi connectivity index (χ3n) is 4.91. The van der Waals surface area contributed by atoms with Crippen LogP contribution in [0.2, 0.25) is 0 Å². The number of benzene rings is 1. The van der Waals surface area contributed by atoms with Crippen molar-refractivity contribution in [2.24, 2.45) is 5.41 Å². The first-order chi connectivity index (χ1) is 10.8. The maximum absolute atomic E-state index is 13.9. The van der Waals surface area contributed by atoms with Crippen LogP contribution in [0.3, 0.4) is 0 Å². The average molecular weight is 351 g/mol. The molecule has 0 atom stereocenters. The first kappa shape index (κ1) is 19.1. The number of aliphatic hydroxyl groups is 1. The summed E-state index contributed by atoms with van der Waals surface area (Å²) in [6.45, 7) is 6.77. The third-order valence-corrected chi connectivity index (χ3v) is 4.91. The van der Waals surface area contributed by atoms with Crippen LogP contribution in [-0.4, -0.2) is 28.7 Å². The van der Waals surface area contributed by atoms with Gasteiger partial charge in [0, 0.05) is 25.2 Å². The van der Waals surface area contributed by atoms with E-state index in [1.165, 1.54) is 0 Å². The lowest BCUT2D eigenvalue weighted by atomic mass is 9.71. The molecule has 1 aliphatic heterocycles. The van der Waals surface area contributed by atoms with E-state index in [0.717, 1.165) is 0 Å². The second-order valence-corrected chi connectivity index (χ2v) is 7.48. The number of halogens is 5. The minimum Gasteiger partial charge on any atom is -0.389 e. The van der Waals surface area contributed by atoms with Crippen LogP contribution in [0, 0.1) is 17.0 Å². The van der Waals surface area contributed by atoms with E-state index in [4.69, 9.17) is 0 Å². The molecule has 1 aromatic carbocycles. The van der Waals surface area contributed by atoms with Gasteiger partial charge in [0.2, 0.25) is 0 Å². The molecule has 1 heterocycles. The summed E-state index contributed by atoms with van der Waals surface area (Å²) in [5, 5.41) is 10.6. The van der Waals surface area contributed by atoms with Gasteiger partial charge in [-0.1, -0.05) is 20.8 Å². The number of alkyl halides is 3. The van der Waals surface area contributed by atoms with Crippen LogP contribution >= 0.6 is 0 Å². The number of piperidine rings is 1. The molecule has 0 radical (unpaired) electrons. The van der Waals surface area contributed by atoms with Crippen molar-refractivity contribution >= 4 is 0 Å². The van der Waals surface area contributed by atoms with Gasteiger partial charge in [-0.3, -0.25) is 4.90 Å². The molecule has 7 heteroatoms. The molecule has 136 valence electrons. The van der Waals surface area contributed by atoms with Crippen molar-refractivity contribution in [3.05, 3.63) is 34.9 Å². The van der Waals surface area contributed by atoms with Gasteiger partial charge in [0.05, 0.1) is 11.2 Å². The molecule has 1 fully saturated rings. The quantitative estimate of drug-likeness (QED) is 0.801. The first-order valence-electron chi connectivity index (χ1n) is 7.83. The van der Waals surface area contributed by atoms with E-state index in [2.05, 4.69) is 0 Å². The van der Waals surface area contributed by atoms with Gasteiger partial charge in [0.15, 0.2) is 0 Å². The number of hydrogen-bond donors (Lipinski definition) is 1. The zero-order valence-electron chi connectivity index (χ0n) is 14.0. The third kappa shape index (κ3) is 3.88. The lowest BCUT2D eigenvalue weighted by molar-refractivity contribution is -0.140. The standard InChI is InChI=1S/C17H22F5NO/c1-15(2,3)16(24)4-6-23(7-5-16)10-11-8-14(19)12(9-13(11)18)17(20,21)22/h8-9,24H,4-7,10H2,1-3H3. The Morgan fingerprint density at radius 1 is 1.04 bits per heavy atom. The molecule has 1 saturated heterocycles. The summed E-state index contributed by atoms with van der Waals surface area (Å²) in [7, 11) is 0. The Morgan fingerprint density at radius 2 is 1.58 bits per heavy atom. The Balaban J connectivity index is 2.10. The highest BCUT2D eigenvalue weighted by atomic mass is 19.4. The van der Waals surface area contributed by atoms with Gasteiger partial charge in [-0.25, -0.2) is 8.78 Å². The molecule has 0 aliphatic carbocycles. The summed E-state index contributed by atoms with van der Waals surface area (Å²) in [6, 6.07) is 0.822. The smallest absolute Gasteiger partial charge is 0.389 e. The lowest BCUT2D eigenvalue weighted by Crippen LogP contribution is -2.51. The van der Waals surface area contributed by atoms with Gasteiger partial charge in [-0.15, -0.1) is 0 Å². The number of likely N-dealkylation sites (tertiary alicyclic amines) is 1. The summed E-state index contributed by atoms with van der Waals surface area (Å²) in [5.74, 6) is -2.54. The molecule has 0 bridgehead atoms. The molecule has 0 aromatic heterocycles. The van der Waals surface area contributed by atoms with E-state index >= 15 is 0 Å². The monoisotopic (exact) mass is 351 g/mol. The Hall–Kier alpha value is -1.21. The Morgan fingerprint density at radius 3 is 2.04 bits per heavy atom. The highest BCUT2D eigenvalue weighted by Gasteiger charge is 2.42. The maximum Gasteiger partial charge on any atom is 0.419 e. The summed E-state index contributed by atoms with van der Waals surface area (Å²) >= 11 is 0. The molecule has 0 unspecified atom stereocenters. The number of hydrogen-bond acceptors (Lipinski definition) is 2. The molecule has 2 nitrogen and oxygen atoms in total. The van der Waals surface area contributed by atoms with Crippen molar-refractivity contribution in [1.29, 1.82) is 0 Å². The largest absolute Gasteiger partial charge is 0.419 e. The van der Waals surface area contributed by atoms with Crippen LogP contribution in [0.1, 0.15) is 44.7 Å². The van der Waals surface area contributed by atoms with Crippen molar-refractivity contribution in [3.63, 3.8) is 0 Å². The van der Waals surface area contributed by atoms with Crippen molar-refractivity contribution in [1.82, 2.24) is 4.90 Å². The number of nitrogens with zero attached hydrogens (tertiary/aromatic N) is 1. The molecule has 0 saturated carbocycles. The van der Waals surface area contributed by atoms with Crippen molar-refractivity contribution in [3.8, 4) is 0 Å². The van der Waals surface area contributed by atoms with Crippen molar-refractivity contribution in [2.75, 3.05) is 13.1 Å². The average Bonchev–Trinajstić information content (AvgIpc) is 2.42. The van der Waals surface area contributed by atoms with E-state index < -0.39 is 29.0 Å². The van der Waals surface area contributed by atoms with Crippen molar-refractivity contribution < 1.29 is 27.1 Å². The molecule has 1 aromatic rings. The summed E-state index contributed by atoms with van der Waals surface area (Å²) in [6.07, 6.45) is -3.97. The SMILES string of the molecule is CC(C)(C)C1(O)CCN(Cc2cc(F)c(C(F)(F)F)cc2F)CC1. The summed E-state index contributed by atoms with van der Waals surface area (Å²) < 4.78 is 65.2. The zero-order valence-corrected chi connectivity index (χ0v) is 14.0. The van der Waals surface area contributed by atoms with E-state index in [-0.39, 0.29) is 23.6 Å². The fourth-order valence-corrected chi connectivity index (χ4v) is 3.00. The summed E-state index contributed by atoms with van der Waals surface area (Å²) in [4.78, 5) is 1.81. The van der Waals surface area contributed by atoms with Crippen LogP contribution < -0.4 is 0 Å². The molecule has 1 N–H and O–H groups in total. The molecule has 24 heavy (non-hydrogen) atoms. The second-order valence-electron chi connectivity index (χ2n) is 7.48. The fourth-order valence-electron chi connectivity index (χ4n) is 3.00. The van der Waals surface area contributed by atoms with Gasteiger partial charge >= 0.3 is 6.18 Å². The van der Waals surface area contributed by atoms with Crippen LogP contribution in [0.15, 0.2) is 12.1 Å².